The Morgan fingerprint density at radius 2 is 2.36 bits per heavy atom. The van der Waals surface area contributed by atoms with Crippen molar-refractivity contribution >= 4 is 0 Å². The van der Waals surface area contributed by atoms with E-state index < -0.39 is 0 Å². The van der Waals surface area contributed by atoms with Crippen LogP contribution in [-0.2, 0) is 6.54 Å². The number of nitrogens with zero attached hydrogens (tertiary/aromatic N) is 1. The van der Waals surface area contributed by atoms with Crippen LogP contribution >= 0.6 is 0 Å². The maximum Gasteiger partial charge on any atom is 0.0570 e. The van der Waals surface area contributed by atoms with Crippen LogP contribution in [-0.4, -0.2) is 23.2 Å². The molecule has 0 bridgehead atoms. The van der Waals surface area contributed by atoms with Crippen molar-refractivity contribution in [2.75, 3.05) is 13.2 Å². The molecule has 1 heterocycles. The highest BCUT2D eigenvalue weighted by atomic mass is 16.3. The number of hydrogen-bond donors (Lipinski definition) is 2. The van der Waals surface area contributed by atoms with E-state index in [1.807, 2.05) is 13.0 Å². The van der Waals surface area contributed by atoms with Gasteiger partial charge in [-0.1, -0.05) is 13.0 Å². The van der Waals surface area contributed by atoms with E-state index in [0.29, 0.717) is 5.92 Å². The first-order chi connectivity index (χ1) is 6.74. The Morgan fingerprint density at radius 3 is 3.00 bits per heavy atom. The van der Waals surface area contributed by atoms with Crippen LogP contribution in [0.3, 0.4) is 0 Å². The van der Waals surface area contributed by atoms with Crippen molar-refractivity contribution in [3.8, 4) is 0 Å². The monoisotopic (exact) mass is 194 g/mol. The smallest absolute Gasteiger partial charge is 0.0570 e. The molecule has 3 heteroatoms. The zero-order chi connectivity index (χ0) is 10.4. The zero-order valence-electron chi connectivity index (χ0n) is 8.83. The highest BCUT2D eigenvalue weighted by molar-refractivity contribution is 5.17. The first kappa shape index (κ1) is 11.1. The predicted molar refractivity (Wildman–Crippen MR) is 56.9 cm³/mol. The summed E-state index contributed by atoms with van der Waals surface area (Å²) in [4.78, 5) is 4.28. The van der Waals surface area contributed by atoms with Crippen LogP contribution in [0.15, 0.2) is 18.3 Å². The molecule has 14 heavy (non-hydrogen) atoms. The first-order valence-electron chi connectivity index (χ1n) is 4.96. The molecule has 0 radical (unpaired) electrons. The summed E-state index contributed by atoms with van der Waals surface area (Å²) in [7, 11) is 0. The fourth-order valence-corrected chi connectivity index (χ4v) is 1.20. The number of pyridine rings is 1. The molecule has 0 aliphatic rings. The summed E-state index contributed by atoms with van der Waals surface area (Å²) in [5, 5.41) is 12.1. The number of aryl methyl sites for hydroxylation is 1. The fourth-order valence-electron chi connectivity index (χ4n) is 1.20. The summed E-state index contributed by atoms with van der Waals surface area (Å²) >= 11 is 0. The second-order valence-electron chi connectivity index (χ2n) is 3.69. The minimum atomic E-state index is 0.230. The van der Waals surface area contributed by atoms with Gasteiger partial charge in [0.15, 0.2) is 0 Å². The molecule has 78 valence electrons. The lowest BCUT2D eigenvalue weighted by molar-refractivity contribution is 0.233. The SMILES string of the molecule is Cc1cccnc1CNCC(C)CO. The molecule has 0 spiro atoms. The molecule has 1 aromatic rings. The molecule has 1 atom stereocenters. The molecule has 1 aromatic heterocycles. The minimum absolute atomic E-state index is 0.230. The summed E-state index contributed by atoms with van der Waals surface area (Å²) in [6.07, 6.45) is 1.81. The van der Waals surface area contributed by atoms with E-state index in [2.05, 4.69) is 23.3 Å². The topological polar surface area (TPSA) is 45.2 Å². The molecule has 0 amide bonds. The van der Waals surface area contributed by atoms with Gasteiger partial charge >= 0.3 is 0 Å². The Balaban J connectivity index is 2.35. The molecule has 2 N–H and O–H groups in total. The number of aromatic nitrogens is 1. The van der Waals surface area contributed by atoms with Crippen molar-refractivity contribution in [3.05, 3.63) is 29.6 Å². The number of nitrogens with one attached hydrogen (secondary N) is 1. The van der Waals surface area contributed by atoms with Gasteiger partial charge in [0.2, 0.25) is 0 Å². The van der Waals surface area contributed by atoms with Crippen molar-refractivity contribution < 1.29 is 5.11 Å². The lowest BCUT2D eigenvalue weighted by Crippen LogP contribution is -2.23. The standard InChI is InChI=1S/C11H18N2O/c1-9(8-14)6-12-7-11-10(2)4-3-5-13-11/h3-5,9,12,14H,6-8H2,1-2H3. The van der Waals surface area contributed by atoms with Crippen molar-refractivity contribution in [3.63, 3.8) is 0 Å². The zero-order valence-corrected chi connectivity index (χ0v) is 8.83. The Kier molecular flexibility index (Phi) is 4.56. The normalized spacial score (nSPS) is 12.8. The Bertz CT molecular complexity index is 276. The second kappa shape index (κ2) is 5.73. The lowest BCUT2D eigenvalue weighted by atomic mass is 10.2. The number of aliphatic hydroxyl groups excluding tert-OH is 1. The van der Waals surface area contributed by atoms with Crippen LogP contribution in [0, 0.1) is 12.8 Å². The van der Waals surface area contributed by atoms with Crippen molar-refractivity contribution in [2.45, 2.75) is 20.4 Å². The average Bonchev–Trinajstić information content (AvgIpc) is 2.20. The molecule has 3 nitrogen and oxygen atoms in total. The molecule has 0 aliphatic carbocycles. The Morgan fingerprint density at radius 1 is 1.57 bits per heavy atom. The highest BCUT2D eigenvalue weighted by Crippen LogP contribution is 2.02. The molecular weight excluding hydrogens is 176 g/mol. The van der Waals surface area contributed by atoms with Crippen LogP contribution in [0.1, 0.15) is 18.2 Å². The van der Waals surface area contributed by atoms with Gasteiger partial charge in [-0.05, 0) is 24.5 Å². The van der Waals surface area contributed by atoms with E-state index in [1.165, 1.54) is 5.56 Å². The molecule has 1 rings (SSSR count). The van der Waals surface area contributed by atoms with E-state index in [9.17, 15) is 0 Å². The maximum absolute atomic E-state index is 8.83. The van der Waals surface area contributed by atoms with Gasteiger partial charge in [0.25, 0.3) is 0 Å². The van der Waals surface area contributed by atoms with Crippen molar-refractivity contribution in [1.29, 1.82) is 0 Å². The van der Waals surface area contributed by atoms with Gasteiger partial charge in [-0.15, -0.1) is 0 Å². The number of hydrogen-bond acceptors (Lipinski definition) is 3. The summed E-state index contributed by atoms with van der Waals surface area (Å²) in [6, 6.07) is 3.99. The Labute approximate surface area is 85.2 Å². The summed E-state index contributed by atoms with van der Waals surface area (Å²) in [5.74, 6) is 0.305. The first-order valence-corrected chi connectivity index (χ1v) is 4.96. The summed E-state index contributed by atoms with van der Waals surface area (Å²) in [6.45, 7) is 5.90. The molecule has 0 aromatic carbocycles. The van der Waals surface area contributed by atoms with Gasteiger partial charge in [0.05, 0.1) is 5.69 Å². The molecule has 0 aliphatic heterocycles. The number of aliphatic hydroxyl groups is 1. The summed E-state index contributed by atoms with van der Waals surface area (Å²) < 4.78 is 0. The molecule has 0 fully saturated rings. The Hall–Kier alpha value is -0.930. The van der Waals surface area contributed by atoms with Crippen LogP contribution in [0.25, 0.3) is 0 Å². The number of rotatable bonds is 5. The van der Waals surface area contributed by atoms with Crippen LogP contribution in [0.2, 0.25) is 0 Å². The van der Waals surface area contributed by atoms with E-state index in [1.54, 1.807) is 6.20 Å². The van der Waals surface area contributed by atoms with E-state index >= 15 is 0 Å². The third-order valence-electron chi connectivity index (χ3n) is 2.21. The lowest BCUT2D eigenvalue weighted by Gasteiger charge is -2.10. The van der Waals surface area contributed by atoms with Crippen LogP contribution < -0.4 is 5.32 Å². The summed E-state index contributed by atoms with van der Waals surface area (Å²) in [5.41, 5.74) is 2.29. The fraction of sp³-hybridized carbons (Fsp3) is 0.545. The largest absolute Gasteiger partial charge is 0.396 e. The van der Waals surface area contributed by atoms with Crippen LogP contribution in [0.4, 0.5) is 0 Å². The van der Waals surface area contributed by atoms with Gasteiger partial charge in [-0.3, -0.25) is 4.98 Å². The van der Waals surface area contributed by atoms with Crippen LogP contribution in [0.5, 0.6) is 0 Å². The van der Waals surface area contributed by atoms with Gasteiger partial charge < -0.3 is 10.4 Å². The van der Waals surface area contributed by atoms with E-state index in [-0.39, 0.29) is 6.61 Å². The third-order valence-corrected chi connectivity index (χ3v) is 2.21. The second-order valence-corrected chi connectivity index (χ2v) is 3.69. The maximum atomic E-state index is 8.83. The molecule has 0 saturated heterocycles. The van der Waals surface area contributed by atoms with Gasteiger partial charge in [-0.2, -0.15) is 0 Å². The predicted octanol–water partition coefficient (Wildman–Crippen LogP) is 1.11. The minimum Gasteiger partial charge on any atom is -0.396 e. The average molecular weight is 194 g/mol. The quantitative estimate of drug-likeness (QED) is 0.738. The van der Waals surface area contributed by atoms with E-state index in [4.69, 9.17) is 5.11 Å². The van der Waals surface area contributed by atoms with Gasteiger partial charge in [-0.25, -0.2) is 0 Å². The van der Waals surface area contributed by atoms with Gasteiger partial charge in [0, 0.05) is 25.9 Å². The highest BCUT2D eigenvalue weighted by Gasteiger charge is 2.01. The van der Waals surface area contributed by atoms with Crippen molar-refractivity contribution in [2.24, 2.45) is 5.92 Å². The van der Waals surface area contributed by atoms with Crippen molar-refractivity contribution in [1.82, 2.24) is 10.3 Å². The molecule has 0 saturated carbocycles. The molecular formula is C11H18N2O. The van der Waals surface area contributed by atoms with Gasteiger partial charge in [0.1, 0.15) is 0 Å². The molecule has 1 unspecified atom stereocenters. The third kappa shape index (κ3) is 3.44. The van der Waals surface area contributed by atoms with E-state index in [0.717, 1.165) is 18.8 Å².